The number of anilines is 2. The third-order valence-corrected chi connectivity index (χ3v) is 5.15. The first-order valence-corrected chi connectivity index (χ1v) is 9.43. The monoisotopic (exact) mass is 418 g/mol. The maximum atomic E-state index is 12.7. The van der Waals surface area contributed by atoms with Crippen LogP contribution in [0.4, 0.5) is 11.4 Å². The van der Waals surface area contributed by atoms with Crippen LogP contribution in [0.25, 0.3) is 0 Å². The molecule has 7 nitrogen and oxygen atoms in total. The highest BCUT2D eigenvalue weighted by atomic mass is 35.5. The molecule has 1 N–H and O–H groups in total. The fraction of sp³-hybridized carbons (Fsp3) is 0.333. The summed E-state index contributed by atoms with van der Waals surface area (Å²) < 4.78 is 16.0. The van der Waals surface area contributed by atoms with Crippen molar-refractivity contribution in [3.05, 3.63) is 40.9 Å². The molecule has 1 atom stereocenters. The number of carbonyl (C=O) groups excluding carboxylic acids is 2. The van der Waals surface area contributed by atoms with Crippen molar-refractivity contribution in [3.63, 3.8) is 0 Å². The molecular weight excluding hydrogens is 396 g/mol. The summed E-state index contributed by atoms with van der Waals surface area (Å²) in [6.45, 7) is 2.16. The molecule has 0 unspecified atom stereocenters. The summed E-state index contributed by atoms with van der Waals surface area (Å²) in [5.41, 5.74) is 2.10. The molecule has 29 heavy (non-hydrogen) atoms. The number of hydrogen-bond donors (Lipinski definition) is 1. The standard InChI is InChI=1S/C21H23ClN2O5/c1-12-5-6-16(15(22)7-12)23-21(26)13-8-19(25)24(11-13)14-9-17(27-2)20(29-4)18(10-14)28-3/h5-7,9-10,13H,8,11H2,1-4H3,(H,23,26)/t13-/m1/s1. The second-order valence-corrected chi connectivity index (χ2v) is 7.17. The molecule has 154 valence electrons. The number of carbonyl (C=O) groups is 2. The van der Waals surface area contributed by atoms with Gasteiger partial charge in [-0.15, -0.1) is 0 Å². The highest BCUT2D eigenvalue weighted by Crippen LogP contribution is 2.42. The highest BCUT2D eigenvalue weighted by molar-refractivity contribution is 6.33. The third-order valence-electron chi connectivity index (χ3n) is 4.84. The second kappa shape index (κ2) is 8.61. The third kappa shape index (κ3) is 4.24. The molecule has 0 aromatic heterocycles. The van der Waals surface area contributed by atoms with Crippen LogP contribution in [0, 0.1) is 12.8 Å². The van der Waals surface area contributed by atoms with Gasteiger partial charge >= 0.3 is 0 Å². The molecule has 0 bridgehead atoms. The Kier molecular flexibility index (Phi) is 6.17. The van der Waals surface area contributed by atoms with Crippen molar-refractivity contribution < 1.29 is 23.8 Å². The maximum absolute atomic E-state index is 12.7. The molecule has 0 spiro atoms. The Morgan fingerprint density at radius 2 is 1.76 bits per heavy atom. The fourth-order valence-corrected chi connectivity index (χ4v) is 3.59. The largest absolute Gasteiger partial charge is 0.493 e. The predicted molar refractivity (Wildman–Crippen MR) is 111 cm³/mol. The van der Waals surface area contributed by atoms with Crippen LogP contribution in [0.15, 0.2) is 30.3 Å². The van der Waals surface area contributed by atoms with E-state index in [0.717, 1.165) is 5.56 Å². The van der Waals surface area contributed by atoms with Crippen molar-refractivity contribution in [3.8, 4) is 17.2 Å². The molecular formula is C21H23ClN2O5. The Bertz CT molecular complexity index is 922. The molecule has 1 fully saturated rings. The molecule has 0 aliphatic carbocycles. The normalized spacial score (nSPS) is 16.0. The number of methoxy groups -OCH3 is 3. The minimum absolute atomic E-state index is 0.103. The van der Waals surface area contributed by atoms with Crippen molar-refractivity contribution in [2.24, 2.45) is 5.92 Å². The molecule has 1 aliphatic rings. The minimum atomic E-state index is -0.501. The molecule has 1 saturated heterocycles. The van der Waals surface area contributed by atoms with E-state index in [4.69, 9.17) is 25.8 Å². The van der Waals surface area contributed by atoms with Crippen LogP contribution in [-0.2, 0) is 9.59 Å². The van der Waals surface area contributed by atoms with E-state index in [2.05, 4.69) is 5.32 Å². The van der Waals surface area contributed by atoms with Crippen LogP contribution < -0.4 is 24.4 Å². The van der Waals surface area contributed by atoms with Gasteiger partial charge in [-0.1, -0.05) is 17.7 Å². The molecule has 0 saturated carbocycles. The van der Waals surface area contributed by atoms with Crippen molar-refractivity contribution in [1.29, 1.82) is 0 Å². The van der Waals surface area contributed by atoms with Gasteiger partial charge in [0.2, 0.25) is 17.6 Å². The van der Waals surface area contributed by atoms with Crippen molar-refractivity contribution >= 4 is 34.8 Å². The Morgan fingerprint density at radius 1 is 1.10 bits per heavy atom. The highest BCUT2D eigenvalue weighted by Gasteiger charge is 2.36. The number of nitrogens with one attached hydrogen (secondary N) is 1. The van der Waals surface area contributed by atoms with Crippen molar-refractivity contribution in [2.45, 2.75) is 13.3 Å². The van der Waals surface area contributed by atoms with Crippen LogP contribution in [0.1, 0.15) is 12.0 Å². The summed E-state index contributed by atoms with van der Waals surface area (Å²) in [7, 11) is 4.53. The summed E-state index contributed by atoms with van der Waals surface area (Å²) in [6.07, 6.45) is 0.103. The number of amides is 2. The topological polar surface area (TPSA) is 77.1 Å². The van der Waals surface area contributed by atoms with Gasteiger partial charge in [-0.2, -0.15) is 0 Å². The van der Waals surface area contributed by atoms with Gasteiger partial charge in [-0.3, -0.25) is 9.59 Å². The van der Waals surface area contributed by atoms with Gasteiger partial charge in [0.1, 0.15) is 0 Å². The zero-order valence-electron chi connectivity index (χ0n) is 16.7. The lowest BCUT2D eigenvalue weighted by atomic mass is 10.1. The van der Waals surface area contributed by atoms with Crippen molar-refractivity contribution in [1.82, 2.24) is 0 Å². The van der Waals surface area contributed by atoms with Crippen LogP contribution in [0.3, 0.4) is 0 Å². The summed E-state index contributed by atoms with van der Waals surface area (Å²) in [5, 5.41) is 3.28. The van der Waals surface area contributed by atoms with Gasteiger partial charge in [-0.05, 0) is 24.6 Å². The van der Waals surface area contributed by atoms with E-state index in [1.54, 1.807) is 29.2 Å². The SMILES string of the molecule is COc1cc(N2C[C@H](C(=O)Nc3ccc(C)cc3Cl)CC2=O)cc(OC)c1OC. The molecule has 8 heteroatoms. The Hall–Kier alpha value is -2.93. The molecule has 0 radical (unpaired) electrons. The summed E-state index contributed by atoms with van der Waals surface area (Å²) in [6, 6.07) is 8.78. The maximum Gasteiger partial charge on any atom is 0.229 e. The van der Waals surface area contributed by atoms with E-state index in [9.17, 15) is 9.59 Å². The second-order valence-electron chi connectivity index (χ2n) is 6.76. The number of aryl methyl sites for hydroxylation is 1. The average Bonchev–Trinajstić information content (AvgIpc) is 3.10. The van der Waals surface area contributed by atoms with E-state index >= 15 is 0 Å². The van der Waals surface area contributed by atoms with E-state index in [-0.39, 0.29) is 24.8 Å². The number of ether oxygens (including phenoxy) is 3. The Balaban J connectivity index is 1.80. The summed E-state index contributed by atoms with van der Waals surface area (Å²) >= 11 is 6.20. The Labute approximate surface area is 174 Å². The quantitative estimate of drug-likeness (QED) is 0.774. The lowest BCUT2D eigenvalue weighted by Crippen LogP contribution is -2.28. The smallest absolute Gasteiger partial charge is 0.229 e. The van der Waals surface area contributed by atoms with Crippen LogP contribution in [0.5, 0.6) is 17.2 Å². The van der Waals surface area contributed by atoms with Gasteiger partial charge in [0.05, 0.1) is 43.6 Å². The predicted octanol–water partition coefficient (Wildman–Crippen LogP) is 3.67. The Morgan fingerprint density at radius 3 is 2.31 bits per heavy atom. The average molecular weight is 419 g/mol. The molecule has 2 amide bonds. The number of hydrogen-bond acceptors (Lipinski definition) is 5. The van der Waals surface area contributed by atoms with Gasteiger partial charge in [0.25, 0.3) is 0 Å². The van der Waals surface area contributed by atoms with Gasteiger partial charge in [0, 0.05) is 25.1 Å². The van der Waals surface area contributed by atoms with E-state index in [1.807, 2.05) is 13.0 Å². The molecule has 2 aromatic rings. The van der Waals surface area contributed by atoms with Gasteiger partial charge in [-0.25, -0.2) is 0 Å². The van der Waals surface area contributed by atoms with Gasteiger partial charge in [0.15, 0.2) is 11.5 Å². The first-order chi connectivity index (χ1) is 13.9. The van der Waals surface area contributed by atoms with Crippen LogP contribution in [-0.4, -0.2) is 39.7 Å². The molecule has 1 aliphatic heterocycles. The zero-order valence-corrected chi connectivity index (χ0v) is 17.5. The minimum Gasteiger partial charge on any atom is -0.493 e. The number of nitrogens with zero attached hydrogens (tertiary/aromatic N) is 1. The molecule has 3 rings (SSSR count). The van der Waals surface area contributed by atoms with E-state index in [1.165, 1.54) is 21.3 Å². The lowest BCUT2D eigenvalue weighted by molar-refractivity contribution is -0.122. The van der Waals surface area contributed by atoms with Crippen LogP contribution >= 0.6 is 11.6 Å². The fourth-order valence-electron chi connectivity index (χ4n) is 3.31. The van der Waals surface area contributed by atoms with Gasteiger partial charge < -0.3 is 24.4 Å². The lowest BCUT2D eigenvalue weighted by Gasteiger charge is -2.20. The number of rotatable bonds is 6. The zero-order chi connectivity index (χ0) is 21.1. The summed E-state index contributed by atoms with van der Waals surface area (Å²) in [4.78, 5) is 26.9. The molecule has 1 heterocycles. The van der Waals surface area contributed by atoms with Crippen molar-refractivity contribution in [2.75, 3.05) is 38.1 Å². The van der Waals surface area contributed by atoms with E-state index < -0.39 is 5.92 Å². The summed E-state index contributed by atoms with van der Waals surface area (Å²) in [5.74, 6) is 0.407. The number of halogens is 1. The van der Waals surface area contributed by atoms with Crippen LogP contribution in [0.2, 0.25) is 5.02 Å². The first-order valence-electron chi connectivity index (χ1n) is 9.05. The molecule has 2 aromatic carbocycles. The number of benzene rings is 2. The first kappa shape index (κ1) is 20.8. The van der Waals surface area contributed by atoms with E-state index in [0.29, 0.717) is 33.6 Å².